The summed E-state index contributed by atoms with van der Waals surface area (Å²) in [7, 11) is 0. The van der Waals surface area contributed by atoms with Crippen molar-refractivity contribution in [2.75, 3.05) is 11.1 Å². The quantitative estimate of drug-likeness (QED) is 0.530. The van der Waals surface area contributed by atoms with Crippen molar-refractivity contribution >= 4 is 23.1 Å². The first kappa shape index (κ1) is 7.76. The fourth-order valence-electron chi connectivity index (χ4n) is 1.25. The number of fused-ring (bicyclic) bond motifs is 1. The Hall–Kier alpha value is -0.870. The van der Waals surface area contributed by atoms with E-state index in [0.717, 1.165) is 16.3 Å². The Labute approximate surface area is 75.5 Å². The number of nitrogen functional groups attached to an aromatic ring is 1. The molecule has 4 heteroatoms. The zero-order valence-electron chi connectivity index (χ0n) is 6.79. The third-order valence-electron chi connectivity index (χ3n) is 1.71. The topological polar surface area (TPSA) is 64.1 Å². The van der Waals surface area contributed by atoms with E-state index in [1.807, 2.05) is 25.1 Å². The minimum absolute atomic E-state index is 0.393. The smallest absolute Gasteiger partial charge is 0.136 e. The van der Waals surface area contributed by atoms with Gasteiger partial charge < -0.3 is 16.8 Å². The minimum Gasteiger partial charge on any atom is -0.399 e. The largest absolute Gasteiger partial charge is 0.399 e. The fourth-order valence-corrected chi connectivity index (χ4v) is 2.29. The molecule has 2 rings (SSSR count). The molecular weight excluding hydrogens is 170 g/mol. The van der Waals surface area contributed by atoms with E-state index in [-0.39, 0.29) is 0 Å². The molecule has 0 spiro atoms. The molecule has 1 aliphatic heterocycles. The number of nitrogens with two attached hydrogens (primary N) is 2. The van der Waals surface area contributed by atoms with Gasteiger partial charge in [-0.25, -0.2) is 0 Å². The first-order chi connectivity index (χ1) is 5.57. The molecule has 0 saturated carbocycles. The molecule has 1 heterocycles. The Morgan fingerprint density at radius 3 is 3.00 bits per heavy atom. The summed E-state index contributed by atoms with van der Waals surface area (Å²) < 4.78 is 0. The van der Waals surface area contributed by atoms with Crippen molar-refractivity contribution in [2.45, 2.75) is 16.8 Å². The van der Waals surface area contributed by atoms with Crippen LogP contribution in [0.3, 0.4) is 0 Å². The Bertz CT molecular complexity index is 322. The second-order valence-electron chi connectivity index (χ2n) is 3.09. The van der Waals surface area contributed by atoms with E-state index in [4.69, 9.17) is 11.5 Å². The maximum Gasteiger partial charge on any atom is 0.136 e. The van der Waals surface area contributed by atoms with Gasteiger partial charge in [-0.2, -0.15) is 0 Å². The van der Waals surface area contributed by atoms with Crippen molar-refractivity contribution in [1.82, 2.24) is 0 Å². The highest BCUT2D eigenvalue weighted by Gasteiger charge is 2.28. The van der Waals surface area contributed by atoms with Crippen LogP contribution < -0.4 is 16.8 Å². The van der Waals surface area contributed by atoms with Gasteiger partial charge in [-0.15, -0.1) is 0 Å². The number of rotatable bonds is 0. The molecule has 0 amide bonds. The van der Waals surface area contributed by atoms with Crippen molar-refractivity contribution < 1.29 is 0 Å². The summed E-state index contributed by atoms with van der Waals surface area (Å²) in [6.07, 6.45) is 0. The lowest BCUT2D eigenvalue weighted by molar-refractivity contribution is 0.790. The Morgan fingerprint density at radius 2 is 2.25 bits per heavy atom. The number of hydrogen-bond donors (Lipinski definition) is 3. The van der Waals surface area contributed by atoms with Crippen molar-refractivity contribution in [3.8, 4) is 0 Å². The molecule has 12 heavy (non-hydrogen) atoms. The van der Waals surface area contributed by atoms with Gasteiger partial charge in [0.25, 0.3) is 0 Å². The molecule has 3 nitrogen and oxygen atoms in total. The number of thioether (sulfide) groups is 1. The van der Waals surface area contributed by atoms with Gasteiger partial charge in [0.05, 0.1) is 5.69 Å². The maximum atomic E-state index is 5.89. The lowest BCUT2D eigenvalue weighted by atomic mass is 10.3. The molecule has 1 aromatic rings. The number of benzene rings is 1. The van der Waals surface area contributed by atoms with Crippen molar-refractivity contribution in [3.05, 3.63) is 18.2 Å². The molecule has 0 radical (unpaired) electrons. The van der Waals surface area contributed by atoms with Gasteiger partial charge in [0.1, 0.15) is 4.99 Å². The van der Waals surface area contributed by atoms with Crippen LogP contribution in [-0.4, -0.2) is 4.99 Å². The van der Waals surface area contributed by atoms with Crippen LogP contribution in [0, 0.1) is 0 Å². The Morgan fingerprint density at radius 1 is 1.50 bits per heavy atom. The summed E-state index contributed by atoms with van der Waals surface area (Å²) in [5.41, 5.74) is 13.4. The molecule has 0 fully saturated rings. The highest BCUT2D eigenvalue weighted by atomic mass is 32.2. The Balaban J connectivity index is 2.43. The average molecular weight is 181 g/mol. The fraction of sp³-hybridized carbons (Fsp3) is 0.250. The average Bonchev–Trinajstić information content (AvgIpc) is 2.21. The van der Waals surface area contributed by atoms with E-state index in [2.05, 4.69) is 5.32 Å². The van der Waals surface area contributed by atoms with E-state index in [1.54, 1.807) is 11.8 Å². The first-order valence-corrected chi connectivity index (χ1v) is 4.54. The van der Waals surface area contributed by atoms with Gasteiger partial charge in [0.15, 0.2) is 0 Å². The highest BCUT2D eigenvalue weighted by molar-refractivity contribution is 8.01. The maximum absolute atomic E-state index is 5.89. The van der Waals surface area contributed by atoms with Crippen LogP contribution in [0.4, 0.5) is 11.4 Å². The molecule has 0 aliphatic carbocycles. The zero-order valence-corrected chi connectivity index (χ0v) is 7.61. The third-order valence-corrected chi connectivity index (χ3v) is 2.79. The van der Waals surface area contributed by atoms with Crippen LogP contribution in [0.5, 0.6) is 0 Å². The monoisotopic (exact) mass is 181 g/mol. The molecular formula is C8H11N3S. The van der Waals surface area contributed by atoms with Crippen LogP contribution in [0.1, 0.15) is 6.92 Å². The van der Waals surface area contributed by atoms with Crippen molar-refractivity contribution in [1.29, 1.82) is 0 Å². The summed E-state index contributed by atoms with van der Waals surface area (Å²) in [4.78, 5) is 0.732. The van der Waals surface area contributed by atoms with E-state index in [9.17, 15) is 0 Å². The van der Waals surface area contributed by atoms with Crippen molar-refractivity contribution in [3.63, 3.8) is 0 Å². The summed E-state index contributed by atoms with van der Waals surface area (Å²) >= 11 is 1.59. The highest BCUT2D eigenvalue weighted by Crippen LogP contribution is 2.42. The normalized spacial score (nSPS) is 26.5. The molecule has 0 bridgehead atoms. The van der Waals surface area contributed by atoms with E-state index < -0.39 is 4.99 Å². The second kappa shape index (κ2) is 2.31. The van der Waals surface area contributed by atoms with Crippen LogP contribution in [0.15, 0.2) is 23.1 Å². The van der Waals surface area contributed by atoms with Gasteiger partial charge in [0.2, 0.25) is 0 Å². The first-order valence-electron chi connectivity index (χ1n) is 3.72. The lowest BCUT2D eigenvalue weighted by Gasteiger charge is -2.16. The van der Waals surface area contributed by atoms with Crippen LogP contribution >= 0.6 is 11.8 Å². The molecule has 1 aliphatic rings. The van der Waals surface area contributed by atoms with Gasteiger partial charge >= 0.3 is 0 Å². The van der Waals surface area contributed by atoms with Gasteiger partial charge in [-0.1, -0.05) is 11.8 Å². The predicted octanol–water partition coefficient (Wildman–Crippen LogP) is 1.42. The SMILES string of the molecule is CC1(N)Nc2ccc(N)cc2S1. The summed E-state index contributed by atoms with van der Waals surface area (Å²) in [5.74, 6) is 0. The minimum atomic E-state index is -0.393. The summed E-state index contributed by atoms with van der Waals surface area (Å²) in [6.45, 7) is 1.94. The van der Waals surface area contributed by atoms with Gasteiger partial charge in [-0.05, 0) is 25.1 Å². The van der Waals surface area contributed by atoms with Crippen LogP contribution in [-0.2, 0) is 0 Å². The van der Waals surface area contributed by atoms with Gasteiger partial charge in [-0.3, -0.25) is 0 Å². The van der Waals surface area contributed by atoms with Gasteiger partial charge in [0, 0.05) is 10.6 Å². The predicted molar refractivity (Wildman–Crippen MR) is 52.9 cm³/mol. The molecule has 64 valence electrons. The molecule has 1 aromatic carbocycles. The van der Waals surface area contributed by atoms with Crippen LogP contribution in [0.2, 0.25) is 0 Å². The number of anilines is 2. The lowest BCUT2D eigenvalue weighted by Crippen LogP contribution is -2.37. The number of nitrogens with one attached hydrogen (secondary N) is 1. The van der Waals surface area contributed by atoms with E-state index >= 15 is 0 Å². The molecule has 1 unspecified atom stereocenters. The van der Waals surface area contributed by atoms with E-state index in [0.29, 0.717) is 0 Å². The number of hydrogen-bond acceptors (Lipinski definition) is 4. The second-order valence-corrected chi connectivity index (χ2v) is 4.58. The third kappa shape index (κ3) is 1.23. The molecule has 0 saturated heterocycles. The van der Waals surface area contributed by atoms with E-state index in [1.165, 1.54) is 0 Å². The molecule has 1 atom stereocenters. The molecule has 0 aromatic heterocycles. The molecule has 5 N–H and O–H groups in total. The zero-order chi connectivity index (χ0) is 8.77. The summed E-state index contributed by atoms with van der Waals surface area (Å²) in [5, 5.41) is 3.19. The summed E-state index contributed by atoms with van der Waals surface area (Å²) in [6, 6.07) is 5.76. The Kier molecular flexibility index (Phi) is 1.49. The van der Waals surface area contributed by atoms with Crippen molar-refractivity contribution in [2.24, 2.45) is 5.73 Å². The van der Waals surface area contributed by atoms with Crippen LogP contribution in [0.25, 0.3) is 0 Å². The standard InChI is InChI=1S/C8H11N3S/c1-8(10)11-6-3-2-5(9)4-7(6)12-8/h2-4,11H,9-10H2,1H3.